The van der Waals surface area contributed by atoms with Gasteiger partial charge in [0.05, 0.1) is 5.56 Å². The number of benzene rings is 2. The number of ether oxygens (including phenoxy) is 1. The number of carbonyl (C=O) groups is 2. The van der Waals surface area contributed by atoms with Gasteiger partial charge in [0.1, 0.15) is 5.75 Å². The summed E-state index contributed by atoms with van der Waals surface area (Å²) in [4.78, 5) is 24.7. The van der Waals surface area contributed by atoms with Crippen LogP contribution in [0.4, 0.5) is 0 Å². The Kier molecular flexibility index (Phi) is 4.28. The molecule has 0 bridgehead atoms. The second-order valence-electron chi connectivity index (χ2n) is 5.53. The fourth-order valence-corrected chi connectivity index (χ4v) is 2.21. The van der Waals surface area contributed by atoms with Gasteiger partial charge in [-0.3, -0.25) is 4.79 Å². The Hall–Kier alpha value is -2.82. The maximum Gasteiger partial charge on any atom is 0.339 e. The van der Waals surface area contributed by atoms with Crippen LogP contribution in [-0.4, -0.2) is 23.0 Å². The average Bonchev–Trinajstić information content (AvgIpc) is 3.37. The molecule has 0 heterocycles. The van der Waals surface area contributed by atoms with Crippen molar-refractivity contribution in [2.75, 3.05) is 0 Å². The van der Waals surface area contributed by atoms with Crippen molar-refractivity contribution in [1.29, 1.82) is 0 Å². The van der Waals surface area contributed by atoms with Crippen LogP contribution < -0.4 is 5.32 Å². The molecule has 118 valence electrons. The largest absolute Gasteiger partial charge is 0.508 e. The number of carbonyl (C=O) groups excluding carboxylic acids is 2. The third-order valence-electron chi connectivity index (χ3n) is 3.57. The summed E-state index contributed by atoms with van der Waals surface area (Å²) in [5, 5.41) is 12.3. The molecule has 0 unspecified atom stereocenters. The lowest BCUT2D eigenvalue weighted by Crippen LogP contribution is -2.33. The van der Waals surface area contributed by atoms with Crippen LogP contribution in [0.1, 0.15) is 34.9 Å². The number of hydrogen-bond acceptors (Lipinski definition) is 4. The molecule has 0 radical (unpaired) electrons. The van der Waals surface area contributed by atoms with E-state index < -0.39 is 12.1 Å². The minimum Gasteiger partial charge on any atom is -0.508 e. The minimum absolute atomic E-state index is 0.0295. The molecule has 0 saturated heterocycles. The summed E-state index contributed by atoms with van der Waals surface area (Å²) < 4.78 is 5.41. The standard InChI is InChI=1S/C18H17NO4/c20-15-8-4-7-13(11-15)18(22)23-16(12-5-2-1-3-6-12)17(21)19-14-9-10-14/h1-8,11,14,16,20H,9-10H2,(H,19,21)/t16-/m1/s1. The fraction of sp³-hybridized carbons (Fsp3) is 0.222. The van der Waals surface area contributed by atoms with Crippen molar-refractivity contribution in [3.8, 4) is 5.75 Å². The fourth-order valence-electron chi connectivity index (χ4n) is 2.21. The van der Waals surface area contributed by atoms with Gasteiger partial charge in [-0.15, -0.1) is 0 Å². The average molecular weight is 311 g/mol. The molecule has 2 aromatic rings. The number of hydrogen-bond donors (Lipinski definition) is 2. The zero-order valence-corrected chi connectivity index (χ0v) is 12.4. The van der Waals surface area contributed by atoms with Crippen LogP contribution in [0.15, 0.2) is 54.6 Å². The smallest absolute Gasteiger partial charge is 0.339 e. The third-order valence-corrected chi connectivity index (χ3v) is 3.57. The van der Waals surface area contributed by atoms with Gasteiger partial charge in [-0.2, -0.15) is 0 Å². The molecule has 1 saturated carbocycles. The van der Waals surface area contributed by atoms with Gasteiger partial charge in [0.2, 0.25) is 6.10 Å². The Balaban J connectivity index is 1.80. The molecule has 1 atom stereocenters. The summed E-state index contributed by atoms with van der Waals surface area (Å²) >= 11 is 0. The van der Waals surface area contributed by atoms with Crippen LogP contribution >= 0.6 is 0 Å². The van der Waals surface area contributed by atoms with Gasteiger partial charge < -0.3 is 15.2 Å². The van der Waals surface area contributed by atoms with Gasteiger partial charge in [-0.05, 0) is 31.0 Å². The van der Waals surface area contributed by atoms with Crippen molar-refractivity contribution in [2.24, 2.45) is 0 Å². The molecule has 1 aliphatic carbocycles. The summed E-state index contributed by atoms with van der Waals surface area (Å²) in [7, 11) is 0. The first-order chi connectivity index (χ1) is 11.1. The van der Waals surface area contributed by atoms with Crippen molar-refractivity contribution in [1.82, 2.24) is 5.32 Å². The van der Waals surface area contributed by atoms with Crippen molar-refractivity contribution < 1.29 is 19.4 Å². The predicted molar refractivity (Wildman–Crippen MR) is 83.9 cm³/mol. The van der Waals surface area contributed by atoms with Crippen molar-refractivity contribution in [3.05, 3.63) is 65.7 Å². The number of esters is 1. The van der Waals surface area contributed by atoms with E-state index in [4.69, 9.17) is 4.74 Å². The van der Waals surface area contributed by atoms with E-state index in [0.717, 1.165) is 12.8 Å². The van der Waals surface area contributed by atoms with Crippen molar-refractivity contribution >= 4 is 11.9 Å². The lowest BCUT2D eigenvalue weighted by atomic mass is 10.1. The SMILES string of the molecule is O=C(O[C@@H](C(=O)NC1CC1)c1ccccc1)c1cccc(O)c1. The Morgan fingerprint density at radius 1 is 1.09 bits per heavy atom. The van der Waals surface area contributed by atoms with Crippen LogP contribution in [0, 0.1) is 0 Å². The first-order valence-corrected chi connectivity index (χ1v) is 7.49. The summed E-state index contributed by atoms with van der Waals surface area (Å²) in [6.07, 6.45) is 0.897. The minimum atomic E-state index is -1.01. The predicted octanol–water partition coefficient (Wildman–Crippen LogP) is 2.57. The van der Waals surface area contributed by atoms with E-state index in [1.165, 1.54) is 18.2 Å². The Morgan fingerprint density at radius 3 is 2.48 bits per heavy atom. The molecule has 1 aliphatic rings. The highest BCUT2D eigenvalue weighted by Crippen LogP contribution is 2.24. The second-order valence-corrected chi connectivity index (χ2v) is 5.53. The highest BCUT2D eigenvalue weighted by atomic mass is 16.5. The van der Waals surface area contributed by atoms with Gasteiger partial charge in [-0.25, -0.2) is 4.79 Å². The van der Waals surface area contributed by atoms with E-state index in [0.29, 0.717) is 5.56 Å². The van der Waals surface area contributed by atoms with Crippen LogP contribution in [0.2, 0.25) is 0 Å². The molecule has 5 heteroatoms. The zero-order chi connectivity index (χ0) is 16.2. The molecule has 1 fully saturated rings. The molecule has 0 spiro atoms. The second kappa shape index (κ2) is 6.52. The van der Waals surface area contributed by atoms with Gasteiger partial charge >= 0.3 is 5.97 Å². The first kappa shape index (κ1) is 15.1. The number of phenolic OH excluding ortho intramolecular Hbond substituents is 1. The van der Waals surface area contributed by atoms with Gasteiger partial charge in [-0.1, -0.05) is 36.4 Å². The van der Waals surface area contributed by atoms with Crippen molar-refractivity contribution in [3.63, 3.8) is 0 Å². The van der Waals surface area contributed by atoms with E-state index in [9.17, 15) is 14.7 Å². The number of nitrogens with one attached hydrogen (secondary N) is 1. The normalized spacial score (nSPS) is 14.8. The van der Waals surface area contributed by atoms with E-state index in [-0.39, 0.29) is 23.3 Å². The van der Waals surface area contributed by atoms with E-state index in [1.54, 1.807) is 30.3 Å². The first-order valence-electron chi connectivity index (χ1n) is 7.49. The van der Waals surface area contributed by atoms with Crippen LogP contribution in [0.3, 0.4) is 0 Å². The van der Waals surface area contributed by atoms with Gasteiger partial charge in [0.25, 0.3) is 5.91 Å². The maximum absolute atomic E-state index is 12.4. The molecule has 5 nitrogen and oxygen atoms in total. The van der Waals surface area contributed by atoms with Crippen LogP contribution in [-0.2, 0) is 9.53 Å². The lowest BCUT2D eigenvalue weighted by molar-refractivity contribution is -0.130. The highest BCUT2D eigenvalue weighted by Gasteiger charge is 2.31. The molecule has 0 aliphatic heterocycles. The molecule has 2 N–H and O–H groups in total. The van der Waals surface area contributed by atoms with E-state index in [1.807, 2.05) is 6.07 Å². The Morgan fingerprint density at radius 2 is 1.83 bits per heavy atom. The summed E-state index contributed by atoms with van der Waals surface area (Å²) in [5.41, 5.74) is 0.810. The number of rotatable bonds is 5. The molecular formula is C18H17NO4. The quantitative estimate of drug-likeness (QED) is 0.832. The van der Waals surface area contributed by atoms with Crippen LogP contribution in [0.5, 0.6) is 5.75 Å². The Bertz CT molecular complexity index is 710. The zero-order valence-electron chi connectivity index (χ0n) is 12.4. The molecular weight excluding hydrogens is 294 g/mol. The summed E-state index contributed by atoms with van der Waals surface area (Å²) in [6.45, 7) is 0. The monoisotopic (exact) mass is 311 g/mol. The molecule has 23 heavy (non-hydrogen) atoms. The van der Waals surface area contributed by atoms with Gasteiger partial charge in [0.15, 0.2) is 0 Å². The topological polar surface area (TPSA) is 75.6 Å². The van der Waals surface area contributed by atoms with Crippen LogP contribution in [0.25, 0.3) is 0 Å². The maximum atomic E-state index is 12.4. The summed E-state index contributed by atoms with van der Waals surface area (Å²) in [6, 6.07) is 14.9. The number of phenols is 1. The third kappa shape index (κ3) is 3.88. The van der Waals surface area contributed by atoms with Gasteiger partial charge in [0, 0.05) is 11.6 Å². The molecule has 2 aromatic carbocycles. The van der Waals surface area contributed by atoms with Crippen molar-refractivity contribution in [2.45, 2.75) is 25.0 Å². The molecule has 1 amide bonds. The number of amides is 1. The highest BCUT2D eigenvalue weighted by molar-refractivity contribution is 5.93. The summed E-state index contributed by atoms with van der Waals surface area (Å²) in [5.74, 6) is -1.01. The van der Waals surface area contributed by atoms with E-state index in [2.05, 4.69) is 5.32 Å². The van der Waals surface area contributed by atoms with E-state index >= 15 is 0 Å². The number of aromatic hydroxyl groups is 1. The Labute approximate surface area is 133 Å². The molecule has 3 rings (SSSR count). The molecule has 0 aromatic heterocycles. The lowest BCUT2D eigenvalue weighted by Gasteiger charge is -2.18.